The molecule has 0 saturated heterocycles. The van der Waals surface area contributed by atoms with Crippen LogP contribution in [-0.2, 0) is 5.41 Å². The summed E-state index contributed by atoms with van der Waals surface area (Å²) in [5, 5.41) is 2.57. The van der Waals surface area contributed by atoms with Gasteiger partial charge in [0.05, 0.1) is 7.11 Å². The number of hydrogen-bond acceptors (Lipinski definition) is 1. The van der Waals surface area contributed by atoms with Crippen LogP contribution in [0, 0.1) is 0 Å². The molecule has 1 aromatic rings. The van der Waals surface area contributed by atoms with Crippen LogP contribution >= 0.6 is 0 Å². The van der Waals surface area contributed by atoms with Gasteiger partial charge in [-0.3, -0.25) is 0 Å². The second-order valence-corrected chi connectivity index (χ2v) is 7.73. The van der Waals surface area contributed by atoms with E-state index in [0.717, 1.165) is 5.75 Å². The van der Waals surface area contributed by atoms with Crippen LogP contribution in [0.4, 0.5) is 0 Å². The van der Waals surface area contributed by atoms with E-state index in [9.17, 15) is 0 Å². The van der Waals surface area contributed by atoms with Crippen molar-refractivity contribution in [3.8, 4) is 16.9 Å². The van der Waals surface area contributed by atoms with Gasteiger partial charge in [0.25, 0.3) is 0 Å². The molecule has 2 aliphatic carbocycles. The topological polar surface area (TPSA) is 9.23 Å². The van der Waals surface area contributed by atoms with E-state index in [0.29, 0.717) is 5.92 Å². The van der Waals surface area contributed by atoms with E-state index >= 15 is 0 Å². The minimum atomic E-state index is 0.144. The van der Waals surface area contributed by atoms with E-state index in [1.54, 1.807) is 7.11 Å². The summed E-state index contributed by atoms with van der Waals surface area (Å²) >= 11 is 0. The lowest BCUT2D eigenvalue weighted by Gasteiger charge is -2.19. The molecule has 0 atom stereocenters. The van der Waals surface area contributed by atoms with Crippen LogP contribution < -0.4 is 4.74 Å². The highest BCUT2D eigenvalue weighted by Crippen LogP contribution is 2.42. The summed E-state index contributed by atoms with van der Waals surface area (Å²) in [5.74, 6) is 1.45. The quantitative estimate of drug-likeness (QED) is 0.534. The van der Waals surface area contributed by atoms with Crippen molar-refractivity contribution in [2.24, 2.45) is 0 Å². The monoisotopic (exact) mass is 306 g/mol. The highest BCUT2D eigenvalue weighted by Gasteiger charge is 2.19. The maximum Gasteiger partial charge on any atom is 0.127 e. The minimum Gasteiger partial charge on any atom is -0.496 e. The Bertz CT molecular complexity index is 821. The molecule has 1 aromatic carbocycles. The van der Waals surface area contributed by atoms with Crippen molar-refractivity contribution in [3.63, 3.8) is 0 Å². The fourth-order valence-electron chi connectivity index (χ4n) is 3.16. The van der Waals surface area contributed by atoms with E-state index in [4.69, 9.17) is 4.74 Å². The molecule has 0 N–H and O–H groups in total. The number of hydrogen-bond donors (Lipinski definition) is 0. The van der Waals surface area contributed by atoms with Crippen molar-refractivity contribution in [1.82, 2.24) is 0 Å². The lowest BCUT2D eigenvalue weighted by Crippen LogP contribution is -2.10. The van der Waals surface area contributed by atoms with E-state index in [1.165, 1.54) is 33.0 Å². The average Bonchev–Trinajstić information content (AvgIpc) is 2.72. The third-order valence-electron chi connectivity index (χ3n) is 4.67. The van der Waals surface area contributed by atoms with Gasteiger partial charge in [0, 0.05) is 5.56 Å². The molecule has 0 bridgehead atoms. The Balaban J connectivity index is 2.35. The second-order valence-electron chi connectivity index (χ2n) is 7.73. The summed E-state index contributed by atoms with van der Waals surface area (Å²) in [7, 11) is 1.76. The highest BCUT2D eigenvalue weighted by atomic mass is 16.5. The first-order valence-corrected chi connectivity index (χ1v) is 8.36. The normalized spacial score (nSPS) is 12.3. The van der Waals surface area contributed by atoms with Crippen LogP contribution in [0.3, 0.4) is 0 Å². The lowest BCUT2D eigenvalue weighted by molar-refractivity contribution is 0.417. The molecule has 0 amide bonds. The lowest BCUT2D eigenvalue weighted by atomic mass is 9.86. The Morgan fingerprint density at radius 3 is 2.26 bits per heavy atom. The van der Waals surface area contributed by atoms with E-state index < -0.39 is 0 Å². The molecule has 0 heterocycles. The summed E-state index contributed by atoms with van der Waals surface area (Å²) < 4.78 is 5.71. The molecule has 120 valence electrons. The fourth-order valence-corrected chi connectivity index (χ4v) is 3.16. The van der Waals surface area contributed by atoms with Gasteiger partial charge in [-0.05, 0) is 57.0 Å². The summed E-state index contributed by atoms with van der Waals surface area (Å²) in [6.07, 6.45) is 0. The zero-order valence-corrected chi connectivity index (χ0v) is 15.0. The predicted octanol–water partition coefficient (Wildman–Crippen LogP) is 6.37. The minimum absolute atomic E-state index is 0.144. The largest absolute Gasteiger partial charge is 0.496 e. The molecule has 0 radical (unpaired) electrons. The maximum atomic E-state index is 5.71. The van der Waals surface area contributed by atoms with Gasteiger partial charge >= 0.3 is 0 Å². The van der Waals surface area contributed by atoms with Crippen molar-refractivity contribution in [1.29, 1.82) is 0 Å². The van der Waals surface area contributed by atoms with E-state index in [2.05, 4.69) is 77.1 Å². The van der Waals surface area contributed by atoms with Gasteiger partial charge in [-0.1, -0.05) is 58.9 Å². The third kappa shape index (κ3) is 2.81. The molecule has 1 nitrogen and oxygen atoms in total. The van der Waals surface area contributed by atoms with Crippen LogP contribution in [0.5, 0.6) is 5.75 Å². The molecule has 0 spiro atoms. The number of ether oxygens (including phenoxy) is 1. The Morgan fingerprint density at radius 1 is 0.913 bits per heavy atom. The van der Waals surface area contributed by atoms with E-state index in [-0.39, 0.29) is 5.41 Å². The SMILES string of the molecule is COc1ccc(C(C)C)cc2cc3ccc(C(C)(C)C)cc3c1-2. The second kappa shape index (κ2) is 5.56. The van der Waals surface area contributed by atoms with Gasteiger partial charge in [-0.25, -0.2) is 0 Å². The highest BCUT2D eigenvalue weighted by molar-refractivity contribution is 6.05. The third-order valence-corrected chi connectivity index (χ3v) is 4.67. The van der Waals surface area contributed by atoms with Crippen molar-refractivity contribution in [3.05, 3.63) is 53.6 Å². The Morgan fingerprint density at radius 2 is 1.65 bits per heavy atom. The fraction of sp³-hybridized carbons (Fsp3) is 0.364. The summed E-state index contributed by atoms with van der Waals surface area (Å²) in [4.78, 5) is 0. The van der Waals surface area contributed by atoms with Crippen molar-refractivity contribution < 1.29 is 4.74 Å². The summed E-state index contributed by atoms with van der Waals surface area (Å²) in [5.41, 5.74) is 5.32. The number of methoxy groups -OCH3 is 1. The predicted molar refractivity (Wildman–Crippen MR) is 99.9 cm³/mol. The molecule has 0 unspecified atom stereocenters. The molecule has 0 aromatic heterocycles. The first-order valence-electron chi connectivity index (χ1n) is 8.36. The molecular formula is C22H26O. The number of rotatable bonds is 2. The van der Waals surface area contributed by atoms with Gasteiger partial charge in [-0.15, -0.1) is 0 Å². The molecular weight excluding hydrogens is 280 g/mol. The van der Waals surface area contributed by atoms with Crippen LogP contribution in [0.25, 0.3) is 21.9 Å². The van der Waals surface area contributed by atoms with Gasteiger partial charge in [-0.2, -0.15) is 0 Å². The Labute approximate surface area is 139 Å². The van der Waals surface area contributed by atoms with Crippen molar-refractivity contribution in [2.75, 3.05) is 7.11 Å². The summed E-state index contributed by atoms with van der Waals surface area (Å²) in [6.45, 7) is 11.2. The number of fused-ring (bicyclic) bond motifs is 3. The Hall–Kier alpha value is -2.02. The smallest absolute Gasteiger partial charge is 0.127 e. The van der Waals surface area contributed by atoms with Crippen LogP contribution in [0.15, 0.2) is 42.5 Å². The molecule has 3 rings (SSSR count). The molecule has 2 aliphatic rings. The molecule has 0 saturated carbocycles. The van der Waals surface area contributed by atoms with E-state index in [1.807, 2.05) is 0 Å². The zero-order valence-electron chi connectivity index (χ0n) is 15.0. The van der Waals surface area contributed by atoms with Gasteiger partial charge in [0.1, 0.15) is 5.75 Å². The average molecular weight is 306 g/mol. The van der Waals surface area contributed by atoms with Gasteiger partial charge in [0.15, 0.2) is 0 Å². The molecule has 23 heavy (non-hydrogen) atoms. The van der Waals surface area contributed by atoms with Crippen LogP contribution in [-0.4, -0.2) is 7.11 Å². The van der Waals surface area contributed by atoms with Crippen LogP contribution in [0.2, 0.25) is 0 Å². The maximum absolute atomic E-state index is 5.71. The van der Waals surface area contributed by atoms with Crippen molar-refractivity contribution in [2.45, 2.75) is 46.0 Å². The summed E-state index contributed by atoms with van der Waals surface area (Å²) in [6, 6.07) is 15.7. The standard InChI is InChI=1S/C22H26O/c1-14(2)15-8-10-20(23-6)21-17(11-15)12-16-7-9-18(13-19(16)21)22(3,4)5/h7-14H,1-6H3. The van der Waals surface area contributed by atoms with Crippen LogP contribution in [0.1, 0.15) is 51.7 Å². The molecule has 0 aliphatic heterocycles. The molecule has 1 heteroatoms. The first-order chi connectivity index (χ1) is 10.8. The Kier molecular flexibility index (Phi) is 3.83. The van der Waals surface area contributed by atoms with Gasteiger partial charge < -0.3 is 4.74 Å². The first kappa shape index (κ1) is 15.9. The zero-order chi connectivity index (χ0) is 16.8. The van der Waals surface area contributed by atoms with Crippen molar-refractivity contribution >= 4 is 10.8 Å². The van der Waals surface area contributed by atoms with Gasteiger partial charge in [0.2, 0.25) is 0 Å². The number of benzene rings is 1. The molecule has 0 fully saturated rings.